The number of halogens is 1. The molecule has 8 heteroatoms. The van der Waals surface area contributed by atoms with Gasteiger partial charge in [0.05, 0.1) is 38.8 Å². The van der Waals surface area contributed by atoms with Crippen LogP contribution >= 0.6 is 0 Å². The van der Waals surface area contributed by atoms with Crippen molar-refractivity contribution in [3.8, 4) is 22.9 Å². The molecule has 0 saturated heterocycles. The number of ether oxygens (including phenoxy) is 3. The number of amides is 1. The Bertz CT molecular complexity index is 1030. The van der Waals surface area contributed by atoms with E-state index in [-0.39, 0.29) is 18.1 Å². The molecule has 1 heterocycles. The van der Waals surface area contributed by atoms with E-state index in [2.05, 4.69) is 10.4 Å². The predicted molar refractivity (Wildman–Crippen MR) is 106 cm³/mol. The van der Waals surface area contributed by atoms with Crippen molar-refractivity contribution >= 4 is 5.91 Å². The molecule has 1 N–H and O–H groups in total. The van der Waals surface area contributed by atoms with Gasteiger partial charge in [-0.3, -0.25) is 4.79 Å². The third kappa shape index (κ3) is 4.01. The number of para-hydroxylation sites is 1. The summed E-state index contributed by atoms with van der Waals surface area (Å²) in [4.78, 5) is 12.7. The Hall–Kier alpha value is -3.55. The van der Waals surface area contributed by atoms with Crippen molar-refractivity contribution in [2.45, 2.75) is 13.5 Å². The molecular formula is C21H22FN3O4. The number of carbonyl (C=O) groups excluding carboxylic acids is 1. The molecule has 0 atom stereocenters. The van der Waals surface area contributed by atoms with Crippen LogP contribution in [0.4, 0.5) is 4.39 Å². The Labute approximate surface area is 168 Å². The van der Waals surface area contributed by atoms with Gasteiger partial charge < -0.3 is 19.5 Å². The van der Waals surface area contributed by atoms with Gasteiger partial charge in [0.15, 0.2) is 11.5 Å². The molecule has 0 bridgehead atoms. The fourth-order valence-electron chi connectivity index (χ4n) is 3.00. The van der Waals surface area contributed by atoms with Crippen molar-refractivity contribution in [1.82, 2.24) is 15.1 Å². The van der Waals surface area contributed by atoms with E-state index in [9.17, 15) is 9.18 Å². The molecule has 0 spiro atoms. The number of carbonyl (C=O) groups is 1. The van der Waals surface area contributed by atoms with E-state index in [1.807, 2.05) is 0 Å². The minimum Gasteiger partial charge on any atom is -0.496 e. The average molecular weight is 399 g/mol. The van der Waals surface area contributed by atoms with Gasteiger partial charge in [-0.05, 0) is 25.1 Å². The SMILES string of the molecule is COc1cc(OC)c(OC)cc1CNC(=O)c1cnn(-c2ccccc2F)c1C. The van der Waals surface area contributed by atoms with Gasteiger partial charge in [0, 0.05) is 18.2 Å². The third-order valence-corrected chi connectivity index (χ3v) is 4.56. The number of aromatic nitrogens is 2. The normalized spacial score (nSPS) is 10.5. The van der Waals surface area contributed by atoms with Crippen LogP contribution in [0.2, 0.25) is 0 Å². The van der Waals surface area contributed by atoms with Gasteiger partial charge in [0.25, 0.3) is 5.91 Å². The van der Waals surface area contributed by atoms with Crippen molar-refractivity contribution in [3.05, 3.63) is 65.2 Å². The van der Waals surface area contributed by atoms with E-state index in [1.54, 1.807) is 37.3 Å². The maximum absolute atomic E-state index is 14.1. The molecule has 0 radical (unpaired) electrons. The highest BCUT2D eigenvalue weighted by Gasteiger charge is 2.18. The predicted octanol–water partition coefficient (Wildman–Crippen LogP) is 3.28. The quantitative estimate of drug-likeness (QED) is 0.660. The molecule has 3 aromatic rings. The van der Waals surface area contributed by atoms with E-state index in [0.717, 1.165) is 5.56 Å². The van der Waals surface area contributed by atoms with Gasteiger partial charge in [0.2, 0.25) is 0 Å². The van der Waals surface area contributed by atoms with Gasteiger partial charge in [-0.1, -0.05) is 12.1 Å². The van der Waals surface area contributed by atoms with Crippen LogP contribution in [0, 0.1) is 12.7 Å². The number of rotatable bonds is 7. The Kier molecular flexibility index (Phi) is 6.01. The molecule has 0 unspecified atom stereocenters. The van der Waals surface area contributed by atoms with E-state index in [0.29, 0.717) is 28.5 Å². The molecule has 7 nitrogen and oxygen atoms in total. The molecule has 152 valence electrons. The van der Waals surface area contributed by atoms with Crippen LogP contribution in [0.15, 0.2) is 42.6 Å². The Morgan fingerprint density at radius 1 is 1.07 bits per heavy atom. The van der Waals surface area contributed by atoms with Crippen molar-refractivity contribution in [2.75, 3.05) is 21.3 Å². The summed E-state index contributed by atoms with van der Waals surface area (Å²) in [6.45, 7) is 1.91. The summed E-state index contributed by atoms with van der Waals surface area (Å²) in [5.41, 5.74) is 1.89. The van der Waals surface area contributed by atoms with Crippen LogP contribution in [0.1, 0.15) is 21.6 Å². The highest BCUT2D eigenvalue weighted by Crippen LogP contribution is 2.34. The summed E-state index contributed by atoms with van der Waals surface area (Å²) < 4.78 is 31.4. The molecular weight excluding hydrogens is 377 g/mol. The molecule has 29 heavy (non-hydrogen) atoms. The van der Waals surface area contributed by atoms with Crippen molar-refractivity contribution in [1.29, 1.82) is 0 Å². The van der Waals surface area contributed by atoms with E-state index in [4.69, 9.17) is 14.2 Å². The van der Waals surface area contributed by atoms with Gasteiger partial charge in [0.1, 0.15) is 17.3 Å². The van der Waals surface area contributed by atoms with Crippen molar-refractivity contribution in [2.24, 2.45) is 0 Å². The van der Waals surface area contributed by atoms with Crippen LogP contribution in [0.3, 0.4) is 0 Å². The number of hydrogen-bond acceptors (Lipinski definition) is 5. The highest BCUT2D eigenvalue weighted by molar-refractivity contribution is 5.95. The second-order valence-corrected chi connectivity index (χ2v) is 6.21. The lowest BCUT2D eigenvalue weighted by atomic mass is 10.1. The Morgan fingerprint density at radius 2 is 1.72 bits per heavy atom. The first kappa shape index (κ1) is 20.2. The number of methoxy groups -OCH3 is 3. The van der Waals surface area contributed by atoms with Crippen molar-refractivity contribution in [3.63, 3.8) is 0 Å². The largest absolute Gasteiger partial charge is 0.496 e. The molecule has 0 fully saturated rings. The first-order valence-electron chi connectivity index (χ1n) is 8.86. The second-order valence-electron chi connectivity index (χ2n) is 6.21. The molecule has 0 aliphatic heterocycles. The summed E-state index contributed by atoms with van der Waals surface area (Å²) in [6, 6.07) is 9.70. The number of hydrogen-bond donors (Lipinski definition) is 1. The fraction of sp³-hybridized carbons (Fsp3) is 0.238. The number of nitrogens with one attached hydrogen (secondary N) is 1. The summed E-state index contributed by atoms with van der Waals surface area (Å²) in [5.74, 6) is 0.868. The van der Waals surface area contributed by atoms with Crippen LogP contribution in [0.25, 0.3) is 5.69 Å². The van der Waals surface area contributed by atoms with Gasteiger partial charge >= 0.3 is 0 Å². The van der Waals surface area contributed by atoms with Gasteiger partial charge in [-0.2, -0.15) is 5.10 Å². The smallest absolute Gasteiger partial charge is 0.255 e. The zero-order chi connectivity index (χ0) is 21.0. The first-order chi connectivity index (χ1) is 14.0. The average Bonchev–Trinajstić information content (AvgIpc) is 3.12. The maximum atomic E-state index is 14.1. The van der Waals surface area contributed by atoms with Crippen LogP contribution < -0.4 is 19.5 Å². The molecule has 0 aliphatic rings. The van der Waals surface area contributed by atoms with E-state index >= 15 is 0 Å². The van der Waals surface area contributed by atoms with Gasteiger partial charge in [-0.15, -0.1) is 0 Å². The highest BCUT2D eigenvalue weighted by atomic mass is 19.1. The van der Waals surface area contributed by atoms with Gasteiger partial charge in [-0.25, -0.2) is 9.07 Å². The molecule has 1 aromatic heterocycles. The topological polar surface area (TPSA) is 74.6 Å². The molecule has 1 amide bonds. The standard InChI is InChI=1S/C21H22FN3O4/c1-13-15(12-24-25(13)17-8-6-5-7-16(17)22)21(26)23-11-14-9-19(28-3)20(29-4)10-18(14)27-2/h5-10,12H,11H2,1-4H3,(H,23,26). The van der Waals surface area contributed by atoms with Crippen LogP contribution in [0.5, 0.6) is 17.2 Å². The van der Waals surface area contributed by atoms with E-state index in [1.165, 1.54) is 38.3 Å². The number of benzene rings is 2. The van der Waals surface area contributed by atoms with Crippen LogP contribution in [-0.4, -0.2) is 37.0 Å². The molecule has 0 saturated carbocycles. The summed E-state index contributed by atoms with van der Waals surface area (Å²) >= 11 is 0. The summed E-state index contributed by atoms with van der Waals surface area (Å²) in [7, 11) is 4.61. The monoisotopic (exact) mass is 399 g/mol. The summed E-state index contributed by atoms with van der Waals surface area (Å²) in [5, 5.41) is 7.00. The van der Waals surface area contributed by atoms with Crippen LogP contribution in [-0.2, 0) is 6.54 Å². The first-order valence-corrected chi connectivity index (χ1v) is 8.86. The summed E-state index contributed by atoms with van der Waals surface area (Å²) in [6.07, 6.45) is 1.42. The Morgan fingerprint density at radius 3 is 2.38 bits per heavy atom. The Balaban J connectivity index is 1.81. The molecule has 0 aliphatic carbocycles. The minimum atomic E-state index is -0.416. The minimum absolute atomic E-state index is 0.201. The van der Waals surface area contributed by atoms with Crippen molar-refractivity contribution < 1.29 is 23.4 Å². The fourth-order valence-corrected chi connectivity index (χ4v) is 3.00. The lowest BCUT2D eigenvalue weighted by Crippen LogP contribution is -2.23. The molecule has 3 rings (SSSR count). The second kappa shape index (κ2) is 8.64. The zero-order valence-corrected chi connectivity index (χ0v) is 16.7. The zero-order valence-electron chi connectivity index (χ0n) is 16.7. The molecule has 2 aromatic carbocycles. The maximum Gasteiger partial charge on any atom is 0.255 e. The third-order valence-electron chi connectivity index (χ3n) is 4.56. The van der Waals surface area contributed by atoms with E-state index < -0.39 is 5.82 Å². The lowest BCUT2D eigenvalue weighted by molar-refractivity contribution is 0.0950. The number of nitrogens with zero attached hydrogens (tertiary/aromatic N) is 2. The lowest BCUT2D eigenvalue weighted by Gasteiger charge is -2.14.